The third kappa shape index (κ3) is 8.62. The molecule has 3 rings (SSSR count). The number of benzene rings is 3. The van der Waals surface area contributed by atoms with Crippen LogP contribution >= 0.6 is 11.6 Å². The summed E-state index contributed by atoms with van der Waals surface area (Å²) in [6, 6.07) is 19.9. The molecular weight excluding hydrogens is 578 g/mol. The molecule has 0 aromatic heterocycles. The van der Waals surface area contributed by atoms with Crippen LogP contribution in [0, 0.1) is 0 Å². The van der Waals surface area contributed by atoms with E-state index in [1.807, 2.05) is 44.2 Å². The number of methoxy groups -OCH3 is 2. The molecule has 0 heterocycles. The monoisotopic (exact) mass is 615 g/mol. The van der Waals surface area contributed by atoms with Crippen molar-refractivity contribution in [3.63, 3.8) is 0 Å². The Bertz CT molecular complexity index is 1470. The van der Waals surface area contributed by atoms with Gasteiger partial charge in [-0.3, -0.25) is 13.9 Å². The molecule has 0 unspecified atom stereocenters. The van der Waals surface area contributed by atoms with Crippen LogP contribution in [0.15, 0.2) is 72.8 Å². The standard InChI is InChI=1S/C31H38ClN3O6S/c1-6-22(2)33-31(37)27(18-23-12-8-7-9-13-23)34(20-24-14-10-11-15-26(24)32)30(36)21-35(42(5,38)39)25-16-17-28(40-3)29(19-25)41-4/h7-17,19,22,27H,6,18,20-21H2,1-5H3,(H,33,37)/t22-,27+/m0/s1. The maximum absolute atomic E-state index is 14.2. The lowest BCUT2D eigenvalue weighted by Gasteiger charge is -2.34. The van der Waals surface area contributed by atoms with E-state index in [1.54, 1.807) is 30.3 Å². The highest BCUT2D eigenvalue weighted by Crippen LogP contribution is 2.32. The van der Waals surface area contributed by atoms with Crippen molar-refractivity contribution in [2.24, 2.45) is 0 Å². The summed E-state index contributed by atoms with van der Waals surface area (Å²) in [7, 11) is -1.03. The number of carbonyl (C=O) groups is 2. The summed E-state index contributed by atoms with van der Waals surface area (Å²) in [6.45, 7) is 3.28. The molecule has 0 aliphatic rings. The molecule has 2 amide bonds. The van der Waals surface area contributed by atoms with Crippen LogP contribution in [-0.2, 0) is 32.6 Å². The number of amides is 2. The van der Waals surface area contributed by atoms with Gasteiger partial charge in [0.25, 0.3) is 0 Å². The molecule has 42 heavy (non-hydrogen) atoms. The smallest absolute Gasteiger partial charge is 0.244 e. The van der Waals surface area contributed by atoms with Gasteiger partial charge in [0.1, 0.15) is 12.6 Å². The highest BCUT2D eigenvalue weighted by atomic mass is 35.5. The minimum atomic E-state index is -3.94. The van der Waals surface area contributed by atoms with Crippen LogP contribution in [0.2, 0.25) is 5.02 Å². The molecule has 3 aromatic rings. The topological polar surface area (TPSA) is 105 Å². The first kappa shape index (κ1) is 32.8. The Labute approximate surface area is 253 Å². The molecule has 1 N–H and O–H groups in total. The second-order valence-corrected chi connectivity index (χ2v) is 12.3. The summed E-state index contributed by atoms with van der Waals surface area (Å²) in [6.07, 6.45) is 1.93. The number of nitrogens with one attached hydrogen (secondary N) is 1. The van der Waals surface area contributed by atoms with Gasteiger partial charge < -0.3 is 19.7 Å². The van der Waals surface area contributed by atoms with E-state index in [4.69, 9.17) is 21.1 Å². The van der Waals surface area contributed by atoms with Gasteiger partial charge in [0.05, 0.1) is 26.2 Å². The van der Waals surface area contributed by atoms with Crippen molar-refractivity contribution < 1.29 is 27.5 Å². The van der Waals surface area contributed by atoms with E-state index in [9.17, 15) is 18.0 Å². The van der Waals surface area contributed by atoms with Gasteiger partial charge in [-0.05, 0) is 42.7 Å². The largest absolute Gasteiger partial charge is 0.493 e. The van der Waals surface area contributed by atoms with Gasteiger partial charge in [0.2, 0.25) is 21.8 Å². The van der Waals surface area contributed by atoms with Crippen LogP contribution < -0.4 is 19.1 Å². The highest BCUT2D eigenvalue weighted by Gasteiger charge is 2.34. The first-order valence-electron chi connectivity index (χ1n) is 13.5. The Balaban J connectivity index is 2.09. The van der Waals surface area contributed by atoms with E-state index in [2.05, 4.69) is 5.32 Å². The molecule has 0 saturated carbocycles. The van der Waals surface area contributed by atoms with Gasteiger partial charge in [-0.1, -0.05) is 67.1 Å². The van der Waals surface area contributed by atoms with E-state index in [-0.39, 0.29) is 30.6 Å². The molecule has 0 aliphatic heterocycles. The molecule has 0 aliphatic carbocycles. The van der Waals surface area contributed by atoms with Gasteiger partial charge in [0.15, 0.2) is 11.5 Å². The predicted molar refractivity (Wildman–Crippen MR) is 166 cm³/mol. The van der Waals surface area contributed by atoms with E-state index in [1.165, 1.54) is 31.3 Å². The first-order valence-corrected chi connectivity index (χ1v) is 15.8. The summed E-state index contributed by atoms with van der Waals surface area (Å²) < 4.78 is 37.7. The Morgan fingerprint density at radius 3 is 2.19 bits per heavy atom. The van der Waals surface area contributed by atoms with Crippen LogP contribution in [0.25, 0.3) is 0 Å². The molecule has 11 heteroatoms. The minimum absolute atomic E-state index is 0.00648. The molecule has 2 atom stereocenters. The van der Waals surface area contributed by atoms with E-state index < -0.39 is 28.5 Å². The van der Waals surface area contributed by atoms with Crippen molar-refractivity contribution in [2.45, 2.75) is 45.3 Å². The fourth-order valence-corrected chi connectivity index (χ4v) is 5.44. The average Bonchev–Trinajstić information content (AvgIpc) is 2.97. The van der Waals surface area contributed by atoms with Gasteiger partial charge in [-0.25, -0.2) is 8.42 Å². The molecular formula is C31H38ClN3O6S. The fourth-order valence-electron chi connectivity index (χ4n) is 4.40. The first-order chi connectivity index (χ1) is 20.0. The Morgan fingerprint density at radius 1 is 0.952 bits per heavy atom. The van der Waals surface area contributed by atoms with Crippen LogP contribution in [0.5, 0.6) is 11.5 Å². The van der Waals surface area contributed by atoms with Gasteiger partial charge in [-0.15, -0.1) is 0 Å². The zero-order chi connectivity index (χ0) is 30.9. The lowest BCUT2D eigenvalue weighted by molar-refractivity contribution is -0.140. The van der Waals surface area contributed by atoms with Crippen molar-refractivity contribution in [3.05, 3.63) is 88.9 Å². The SMILES string of the molecule is CC[C@H](C)NC(=O)[C@@H](Cc1ccccc1)N(Cc1ccccc1Cl)C(=O)CN(c1ccc(OC)c(OC)c1)S(C)(=O)=O. The zero-order valence-corrected chi connectivity index (χ0v) is 26.1. The maximum atomic E-state index is 14.2. The average molecular weight is 616 g/mol. The lowest BCUT2D eigenvalue weighted by atomic mass is 10.0. The van der Waals surface area contributed by atoms with Gasteiger partial charge in [0, 0.05) is 30.1 Å². The number of anilines is 1. The quantitative estimate of drug-likeness (QED) is 0.282. The number of hydrogen-bond acceptors (Lipinski definition) is 6. The van der Waals surface area contributed by atoms with Crippen molar-refractivity contribution in [2.75, 3.05) is 31.3 Å². The van der Waals surface area contributed by atoms with Crippen molar-refractivity contribution in [3.8, 4) is 11.5 Å². The van der Waals surface area contributed by atoms with Crippen molar-refractivity contribution >= 4 is 39.1 Å². The Hall–Kier alpha value is -3.76. The normalized spacial score (nSPS) is 12.6. The number of rotatable bonds is 14. The Kier molecular flexibility index (Phi) is 11.6. The third-order valence-electron chi connectivity index (χ3n) is 6.90. The van der Waals surface area contributed by atoms with Crippen LogP contribution in [0.3, 0.4) is 0 Å². The minimum Gasteiger partial charge on any atom is -0.493 e. The lowest BCUT2D eigenvalue weighted by Crippen LogP contribution is -2.54. The molecule has 9 nitrogen and oxygen atoms in total. The molecule has 0 radical (unpaired) electrons. The zero-order valence-electron chi connectivity index (χ0n) is 24.5. The summed E-state index contributed by atoms with van der Waals surface area (Å²) in [4.78, 5) is 29.4. The van der Waals surface area contributed by atoms with Crippen molar-refractivity contribution in [1.82, 2.24) is 10.2 Å². The summed E-state index contributed by atoms with van der Waals surface area (Å²) in [5.41, 5.74) is 1.68. The van der Waals surface area contributed by atoms with Gasteiger partial charge in [-0.2, -0.15) is 0 Å². The van der Waals surface area contributed by atoms with Crippen LogP contribution in [-0.4, -0.2) is 64.2 Å². The Morgan fingerprint density at radius 2 is 1.60 bits per heavy atom. The summed E-state index contributed by atoms with van der Waals surface area (Å²) in [5, 5.41) is 3.43. The maximum Gasteiger partial charge on any atom is 0.244 e. The van der Waals surface area contributed by atoms with E-state index in [0.29, 0.717) is 28.5 Å². The fraction of sp³-hybridized carbons (Fsp3) is 0.355. The number of halogens is 1. The summed E-state index contributed by atoms with van der Waals surface area (Å²) in [5.74, 6) is -0.203. The van der Waals surface area contributed by atoms with Crippen LogP contribution in [0.1, 0.15) is 31.4 Å². The molecule has 0 fully saturated rings. The predicted octanol–water partition coefficient (Wildman–Crippen LogP) is 4.68. The van der Waals surface area contributed by atoms with Crippen LogP contribution in [0.4, 0.5) is 5.69 Å². The number of nitrogens with zero attached hydrogens (tertiary/aromatic N) is 2. The second kappa shape index (κ2) is 14.9. The second-order valence-electron chi connectivity index (χ2n) is 9.95. The molecule has 0 spiro atoms. The molecule has 3 aromatic carbocycles. The number of ether oxygens (including phenoxy) is 2. The number of hydrogen-bond donors (Lipinski definition) is 1. The van der Waals surface area contributed by atoms with Crippen molar-refractivity contribution in [1.29, 1.82) is 0 Å². The third-order valence-corrected chi connectivity index (χ3v) is 8.41. The molecule has 0 bridgehead atoms. The van der Waals surface area contributed by atoms with Gasteiger partial charge >= 0.3 is 0 Å². The molecule has 0 saturated heterocycles. The highest BCUT2D eigenvalue weighted by molar-refractivity contribution is 7.92. The van der Waals surface area contributed by atoms with E-state index in [0.717, 1.165) is 16.1 Å². The number of sulfonamides is 1. The van der Waals surface area contributed by atoms with E-state index >= 15 is 0 Å². The number of carbonyl (C=O) groups excluding carboxylic acids is 2. The molecule has 226 valence electrons. The summed E-state index contributed by atoms with van der Waals surface area (Å²) >= 11 is 6.49.